The van der Waals surface area contributed by atoms with Crippen LogP contribution in [-0.4, -0.2) is 34.2 Å². The van der Waals surface area contributed by atoms with Crippen molar-refractivity contribution in [3.63, 3.8) is 0 Å². The second-order valence-corrected chi connectivity index (χ2v) is 2.63. The van der Waals surface area contributed by atoms with Crippen LogP contribution in [0.3, 0.4) is 0 Å². The second kappa shape index (κ2) is 4.53. The first kappa shape index (κ1) is 10.7. The van der Waals surface area contributed by atoms with Crippen LogP contribution in [0.5, 0.6) is 0 Å². The summed E-state index contributed by atoms with van der Waals surface area (Å²) in [5, 5.41) is 13.6. The maximum Gasteiger partial charge on any atom is 0.291 e. The van der Waals surface area contributed by atoms with Gasteiger partial charge in [0, 0.05) is 19.5 Å². The third kappa shape index (κ3) is 3.75. The van der Waals surface area contributed by atoms with Gasteiger partial charge in [0.25, 0.3) is 5.09 Å². The standard InChI is InChI=1S/C6H11NO.HNO3/c1-5-3-4-6(8)7(5)2;2-1(3)4/h5H,3-4H2,1-2H3;(H,2,3,4). The van der Waals surface area contributed by atoms with Gasteiger partial charge in [0.15, 0.2) is 0 Å². The van der Waals surface area contributed by atoms with Crippen LogP contribution in [0, 0.1) is 10.1 Å². The molecule has 0 saturated carbocycles. The highest BCUT2D eigenvalue weighted by molar-refractivity contribution is 5.78. The fraction of sp³-hybridized carbons (Fsp3) is 0.833. The van der Waals surface area contributed by atoms with E-state index in [1.165, 1.54) is 0 Å². The van der Waals surface area contributed by atoms with Gasteiger partial charge in [-0.2, -0.15) is 0 Å². The van der Waals surface area contributed by atoms with Gasteiger partial charge in [-0.3, -0.25) is 4.79 Å². The first-order valence-corrected chi connectivity index (χ1v) is 3.54. The summed E-state index contributed by atoms with van der Waals surface area (Å²) in [4.78, 5) is 20.9. The van der Waals surface area contributed by atoms with E-state index in [9.17, 15) is 4.79 Å². The van der Waals surface area contributed by atoms with E-state index < -0.39 is 5.09 Å². The van der Waals surface area contributed by atoms with Gasteiger partial charge < -0.3 is 10.1 Å². The van der Waals surface area contributed by atoms with Gasteiger partial charge in [0.2, 0.25) is 5.91 Å². The average molecular weight is 176 g/mol. The van der Waals surface area contributed by atoms with E-state index in [4.69, 9.17) is 15.3 Å². The van der Waals surface area contributed by atoms with Crippen LogP contribution in [-0.2, 0) is 4.79 Å². The number of carbonyl (C=O) groups is 1. The van der Waals surface area contributed by atoms with Crippen molar-refractivity contribution in [2.24, 2.45) is 0 Å². The fourth-order valence-electron chi connectivity index (χ4n) is 0.948. The SMILES string of the molecule is CC1CCC(=O)N1C.O=[N+]([O-])O. The molecule has 70 valence electrons. The predicted octanol–water partition coefficient (Wildman–Crippen LogP) is 0.279. The van der Waals surface area contributed by atoms with E-state index in [1.54, 1.807) is 4.90 Å². The van der Waals surface area contributed by atoms with Crippen LogP contribution in [0.25, 0.3) is 0 Å². The Balaban J connectivity index is 0.000000261. The highest BCUT2D eigenvalue weighted by Crippen LogP contribution is 2.14. The minimum absolute atomic E-state index is 0.289. The maximum absolute atomic E-state index is 10.7. The van der Waals surface area contributed by atoms with E-state index in [1.807, 2.05) is 7.05 Å². The fourth-order valence-corrected chi connectivity index (χ4v) is 0.948. The van der Waals surface area contributed by atoms with Crippen molar-refractivity contribution in [3.05, 3.63) is 10.1 Å². The van der Waals surface area contributed by atoms with Gasteiger partial charge in [0.1, 0.15) is 0 Å². The van der Waals surface area contributed by atoms with Crippen LogP contribution in [0.15, 0.2) is 0 Å². The molecule has 1 N–H and O–H groups in total. The Hall–Kier alpha value is -1.33. The number of nitrogens with zero attached hydrogens (tertiary/aromatic N) is 2. The molecule has 0 aliphatic carbocycles. The molecule has 1 aliphatic rings. The monoisotopic (exact) mass is 176 g/mol. The first-order chi connectivity index (χ1) is 5.45. The molecule has 1 amide bonds. The van der Waals surface area contributed by atoms with Gasteiger partial charge in [0.05, 0.1) is 0 Å². The lowest BCUT2D eigenvalue weighted by Crippen LogP contribution is -2.25. The Kier molecular flexibility index (Phi) is 4.03. The Labute approximate surface area is 69.9 Å². The first-order valence-electron chi connectivity index (χ1n) is 3.54. The molecule has 1 heterocycles. The van der Waals surface area contributed by atoms with Crippen LogP contribution >= 0.6 is 0 Å². The molecule has 1 unspecified atom stereocenters. The lowest BCUT2D eigenvalue weighted by Gasteiger charge is -2.13. The summed E-state index contributed by atoms with van der Waals surface area (Å²) in [5.41, 5.74) is 0. The van der Waals surface area contributed by atoms with Crippen molar-refractivity contribution in [1.82, 2.24) is 4.90 Å². The van der Waals surface area contributed by atoms with Gasteiger partial charge in [-0.05, 0) is 13.3 Å². The molecule has 1 saturated heterocycles. The van der Waals surface area contributed by atoms with Crippen LogP contribution in [0.4, 0.5) is 0 Å². The molecule has 1 fully saturated rings. The quantitative estimate of drug-likeness (QED) is 0.424. The topological polar surface area (TPSA) is 83.7 Å². The van der Waals surface area contributed by atoms with Crippen LogP contribution < -0.4 is 0 Å². The molecule has 12 heavy (non-hydrogen) atoms. The Morgan fingerprint density at radius 1 is 1.75 bits per heavy atom. The zero-order valence-corrected chi connectivity index (χ0v) is 7.06. The molecule has 1 aliphatic heterocycles. The number of carbonyl (C=O) groups excluding carboxylic acids is 1. The van der Waals surface area contributed by atoms with E-state index in [0.29, 0.717) is 6.04 Å². The summed E-state index contributed by atoms with van der Waals surface area (Å²) in [6.45, 7) is 2.07. The molecule has 6 nitrogen and oxygen atoms in total. The molecule has 6 heteroatoms. The largest absolute Gasteiger partial charge is 0.343 e. The molecule has 1 atom stereocenters. The second-order valence-electron chi connectivity index (χ2n) is 2.63. The lowest BCUT2D eigenvalue weighted by atomic mass is 10.2. The zero-order chi connectivity index (χ0) is 9.72. The van der Waals surface area contributed by atoms with Gasteiger partial charge in [-0.15, -0.1) is 10.1 Å². The molecule has 0 aromatic carbocycles. The smallest absolute Gasteiger partial charge is 0.291 e. The van der Waals surface area contributed by atoms with Gasteiger partial charge in [-0.25, -0.2) is 0 Å². The molecule has 0 bridgehead atoms. The van der Waals surface area contributed by atoms with Crippen molar-refractivity contribution in [2.45, 2.75) is 25.8 Å². The van der Waals surface area contributed by atoms with Crippen molar-refractivity contribution >= 4 is 5.91 Å². The third-order valence-electron chi connectivity index (χ3n) is 1.83. The molecule has 0 aromatic rings. The number of hydrogen-bond donors (Lipinski definition) is 1. The average Bonchev–Trinajstić information content (AvgIpc) is 2.19. The normalized spacial score (nSPS) is 21.7. The minimum atomic E-state index is -1.50. The third-order valence-corrected chi connectivity index (χ3v) is 1.83. The number of likely N-dealkylation sites (tertiary alicyclic amines) is 1. The summed E-state index contributed by atoms with van der Waals surface area (Å²) in [6, 6.07) is 0.475. The summed E-state index contributed by atoms with van der Waals surface area (Å²) in [7, 11) is 1.86. The molecule has 1 rings (SSSR count). The summed E-state index contributed by atoms with van der Waals surface area (Å²) in [5.74, 6) is 0.289. The minimum Gasteiger partial charge on any atom is -0.343 e. The van der Waals surface area contributed by atoms with E-state index in [2.05, 4.69) is 6.92 Å². The number of hydrogen-bond acceptors (Lipinski definition) is 3. The molecular formula is C6H12N2O4. The summed E-state index contributed by atoms with van der Waals surface area (Å²) >= 11 is 0. The van der Waals surface area contributed by atoms with Crippen molar-refractivity contribution in [1.29, 1.82) is 0 Å². The Morgan fingerprint density at radius 2 is 2.17 bits per heavy atom. The summed E-state index contributed by atoms with van der Waals surface area (Å²) < 4.78 is 0. The van der Waals surface area contributed by atoms with E-state index in [0.717, 1.165) is 12.8 Å². The van der Waals surface area contributed by atoms with Crippen molar-refractivity contribution < 1.29 is 15.1 Å². The van der Waals surface area contributed by atoms with E-state index >= 15 is 0 Å². The van der Waals surface area contributed by atoms with Crippen molar-refractivity contribution in [3.8, 4) is 0 Å². The van der Waals surface area contributed by atoms with Gasteiger partial charge >= 0.3 is 0 Å². The molecular weight excluding hydrogens is 164 g/mol. The highest BCUT2D eigenvalue weighted by atomic mass is 16.9. The molecule has 0 spiro atoms. The van der Waals surface area contributed by atoms with E-state index in [-0.39, 0.29) is 5.91 Å². The maximum atomic E-state index is 10.7. The van der Waals surface area contributed by atoms with Crippen LogP contribution in [0.1, 0.15) is 19.8 Å². The molecule has 0 radical (unpaired) electrons. The predicted molar refractivity (Wildman–Crippen MR) is 40.2 cm³/mol. The Morgan fingerprint density at radius 3 is 2.25 bits per heavy atom. The Bertz CT molecular complexity index is 178. The molecule has 0 aromatic heterocycles. The number of amides is 1. The lowest BCUT2D eigenvalue weighted by molar-refractivity contribution is -0.742. The summed E-state index contributed by atoms with van der Waals surface area (Å²) in [6.07, 6.45) is 1.78. The van der Waals surface area contributed by atoms with Gasteiger partial charge in [-0.1, -0.05) is 0 Å². The number of rotatable bonds is 0. The van der Waals surface area contributed by atoms with Crippen molar-refractivity contribution in [2.75, 3.05) is 7.05 Å². The zero-order valence-electron chi connectivity index (χ0n) is 7.06. The highest BCUT2D eigenvalue weighted by Gasteiger charge is 2.22. The van der Waals surface area contributed by atoms with Crippen LogP contribution in [0.2, 0.25) is 0 Å².